The summed E-state index contributed by atoms with van der Waals surface area (Å²) in [6.45, 7) is 8.17. The fourth-order valence-corrected chi connectivity index (χ4v) is 4.53. The Labute approximate surface area is 139 Å². The molecule has 6 heteroatoms. The monoisotopic (exact) mass is 342 g/mol. The van der Waals surface area contributed by atoms with Crippen LogP contribution in [0.1, 0.15) is 33.1 Å². The molecule has 0 amide bonds. The molecule has 1 heterocycles. The second-order valence-corrected chi connectivity index (χ2v) is 8.48. The van der Waals surface area contributed by atoms with Gasteiger partial charge in [0.25, 0.3) is 0 Å². The lowest BCUT2D eigenvalue weighted by atomic mass is 9.92. The summed E-state index contributed by atoms with van der Waals surface area (Å²) in [5.41, 5.74) is 0. The molecule has 1 aromatic carbocycles. The molecule has 1 aliphatic rings. The predicted molar refractivity (Wildman–Crippen MR) is 90.2 cm³/mol. The molecule has 1 saturated heterocycles. The highest BCUT2D eigenvalue weighted by atomic mass is 32.2. The maximum absolute atomic E-state index is 13.6. The number of piperidine rings is 1. The topological polar surface area (TPSA) is 49.4 Å². The number of hydrogen-bond donors (Lipinski definition) is 1. The van der Waals surface area contributed by atoms with E-state index in [0.29, 0.717) is 6.54 Å². The summed E-state index contributed by atoms with van der Waals surface area (Å²) in [5, 5.41) is 0. The van der Waals surface area contributed by atoms with E-state index in [0.717, 1.165) is 50.4 Å². The van der Waals surface area contributed by atoms with Gasteiger partial charge in [-0.1, -0.05) is 26.0 Å². The Hall–Kier alpha value is -0.980. The van der Waals surface area contributed by atoms with Crippen molar-refractivity contribution in [1.82, 2.24) is 9.62 Å². The van der Waals surface area contributed by atoms with Crippen LogP contribution in [0.4, 0.5) is 4.39 Å². The molecule has 4 nitrogen and oxygen atoms in total. The van der Waals surface area contributed by atoms with Gasteiger partial charge in [0.05, 0.1) is 0 Å². The second kappa shape index (κ2) is 8.22. The summed E-state index contributed by atoms with van der Waals surface area (Å²) in [5.74, 6) is 0.757. The molecule has 2 rings (SSSR count). The Morgan fingerprint density at radius 2 is 1.83 bits per heavy atom. The highest BCUT2D eigenvalue weighted by molar-refractivity contribution is 7.89. The number of benzene rings is 1. The van der Waals surface area contributed by atoms with E-state index in [1.807, 2.05) is 0 Å². The van der Waals surface area contributed by atoms with Crippen LogP contribution in [0.5, 0.6) is 0 Å². The van der Waals surface area contributed by atoms with E-state index < -0.39 is 15.8 Å². The van der Waals surface area contributed by atoms with Crippen molar-refractivity contribution in [1.29, 1.82) is 0 Å². The van der Waals surface area contributed by atoms with Crippen molar-refractivity contribution in [2.24, 2.45) is 11.8 Å². The minimum atomic E-state index is -3.75. The first kappa shape index (κ1) is 18.4. The first-order valence-corrected chi connectivity index (χ1v) is 9.83. The van der Waals surface area contributed by atoms with Crippen LogP contribution < -0.4 is 4.72 Å². The van der Waals surface area contributed by atoms with Crippen molar-refractivity contribution >= 4 is 10.0 Å². The number of halogens is 1. The van der Waals surface area contributed by atoms with Gasteiger partial charge in [-0.15, -0.1) is 0 Å². The second-order valence-electron chi connectivity index (χ2n) is 6.74. The maximum Gasteiger partial charge on any atom is 0.243 e. The number of rotatable bonds is 7. The highest BCUT2D eigenvalue weighted by Gasteiger charge is 2.21. The fraction of sp³-hybridized carbons (Fsp3) is 0.647. The normalized spacial score (nSPS) is 23.1. The highest BCUT2D eigenvalue weighted by Crippen LogP contribution is 2.21. The Morgan fingerprint density at radius 1 is 1.17 bits per heavy atom. The smallest absolute Gasteiger partial charge is 0.243 e. The zero-order chi connectivity index (χ0) is 16.9. The number of nitrogens with zero attached hydrogens (tertiary/aromatic N) is 1. The standard InChI is InChI=1S/C17H27FN2O2S/c1-14-11-15(2)13-20(12-14)10-6-5-9-19-23(21,22)17-8-4-3-7-16(17)18/h3-4,7-8,14-15,19H,5-6,9-13H2,1-2H3. The number of sulfonamides is 1. The minimum Gasteiger partial charge on any atom is -0.303 e. The third kappa shape index (κ3) is 5.55. The van der Waals surface area contributed by atoms with E-state index in [1.54, 1.807) is 0 Å². The van der Waals surface area contributed by atoms with Crippen LogP contribution in [0.3, 0.4) is 0 Å². The summed E-state index contributed by atoms with van der Waals surface area (Å²) >= 11 is 0. The fourth-order valence-electron chi connectivity index (χ4n) is 3.38. The molecule has 2 atom stereocenters. The Morgan fingerprint density at radius 3 is 2.48 bits per heavy atom. The molecule has 1 N–H and O–H groups in total. The molecule has 0 aliphatic carbocycles. The molecule has 0 saturated carbocycles. The summed E-state index contributed by atoms with van der Waals surface area (Å²) in [6.07, 6.45) is 2.99. The van der Waals surface area contributed by atoms with Crippen LogP contribution >= 0.6 is 0 Å². The molecular weight excluding hydrogens is 315 g/mol. The Bertz CT molecular complexity index is 596. The van der Waals surface area contributed by atoms with Gasteiger partial charge in [0.1, 0.15) is 10.7 Å². The number of unbranched alkanes of at least 4 members (excludes halogenated alkanes) is 1. The average molecular weight is 342 g/mol. The van der Waals surface area contributed by atoms with Crippen molar-refractivity contribution < 1.29 is 12.8 Å². The summed E-state index contributed by atoms with van der Waals surface area (Å²) < 4.78 is 40.1. The largest absolute Gasteiger partial charge is 0.303 e. The number of likely N-dealkylation sites (tertiary alicyclic amines) is 1. The predicted octanol–water partition coefficient (Wildman–Crippen LogP) is 2.86. The summed E-state index contributed by atoms with van der Waals surface area (Å²) in [6, 6.07) is 5.45. The zero-order valence-corrected chi connectivity index (χ0v) is 14.8. The lowest BCUT2D eigenvalue weighted by Crippen LogP contribution is -2.39. The van der Waals surface area contributed by atoms with E-state index in [1.165, 1.54) is 24.6 Å². The van der Waals surface area contributed by atoms with Gasteiger partial charge in [-0.05, 0) is 49.8 Å². The van der Waals surface area contributed by atoms with Gasteiger partial charge in [0, 0.05) is 19.6 Å². The Kier molecular flexibility index (Phi) is 6.56. The molecule has 0 bridgehead atoms. The van der Waals surface area contributed by atoms with Crippen molar-refractivity contribution in [3.8, 4) is 0 Å². The quantitative estimate of drug-likeness (QED) is 0.775. The SMILES string of the molecule is CC1CC(C)CN(CCCCNS(=O)(=O)c2ccccc2F)C1. The molecule has 0 aromatic heterocycles. The van der Waals surface area contributed by atoms with Gasteiger partial charge < -0.3 is 4.90 Å². The van der Waals surface area contributed by atoms with Crippen molar-refractivity contribution in [2.75, 3.05) is 26.2 Å². The lowest BCUT2D eigenvalue weighted by Gasteiger charge is -2.34. The van der Waals surface area contributed by atoms with Crippen LogP contribution in [0.25, 0.3) is 0 Å². The number of nitrogens with one attached hydrogen (secondary N) is 1. The Balaban J connectivity index is 1.72. The van der Waals surface area contributed by atoms with Crippen molar-refractivity contribution in [2.45, 2.75) is 38.0 Å². The van der Waals surface area contributed by atoms with Crippen molar-refractivity contribution in [3.63, 3.8) is 0 Å². The van der Waals surface area contributed by atoms with Crippen LogP contribution in [-0.4, -0.2) is 39.5 Å². The van der Waals surface area contributed by atoms with Crippen LogP contribution in [-0.2, 0) is 10.0 Å². The van der Waals surface area contributed by atoms with Gasteiger partial charge in [0.15, 0.2) is 0 Å². The van der Waals surface area contributed by atoms with E-state index in [-0.39, 0.29) is 4.90 Å². The zero-order valence-electron chi connectivity index (χ0n) is 14.0. The minimum absolute atomic E-state index is 0.279. The molecule has 1 aromatic rings. The molecule has 130 valence electrons. The number of hydrogen-bond acceptors (Lipinski definition) is 3. The van der Waals surface area contributed by atoms with Gasteiger partial charge in [-0.3, -0.25) is 0 Å². The van der Waals surface area contributed by atoms with E-state index >= 15 is 0 Å². The lowest BCUT2D eigenvalue weighted by molar-refractivity contribution is 0.139. The van der Waals surface area contributed by atoms with Crippen LogP contribution in [0.15, 0.2) is 29.2 Å². The first-order valence-electron chi connectivity index (χ1n) is 8.35. The van der Waals surface area contributed by atoms with E-state index in [9.17, 15) is 12.8 Å². The molecule has 2 unspecified atom stereocenters. The molecule has 0 radical (unpaired) electrons. The average Bonchev–Trinajstić information content (AvgIpc) is 2.46. The van der Waals surface area contributed by atoms with Gasteiger partial charge in [0.2, 0.25) is 10.0 Å². The molecular formula is C17H27FN2O2S. The van der Waals surface area contributed by atoms with Crippen LogP contribution in [0.2, 0.25) is 0 Å². The molecule has 0 spiro atoms. The van der Waals surface area contributed by atoms with Crippen molar-refractivity contribution in [3.05, 3.63) is 30.1 Å². The summed E-state index contributed by atoms with van der Waals surface area (Å²) in [4.78, 5) is 2.18. The van der Waals surface area contributed by atoms with Crippen LogP contribution in [0, 0.1) is 17.7 Å². The van der Waals surface area contributed by atoms with Gasteiger partial charge >= 0.3 is 0 Å². The summed E-state index contributed by atoms with van der Waals surface area (Å²) in [7, 11) is -3.75. The van der Waals surface area contributed by atoms with E-state index in [2.05, 4.69) is 23.5 Å². The maximum atomic E-state index is 13.6. The molecule has 23 heavy (non-hydrogen) atoms. The molecule has 1 aliphatic heterocycles. The van der Waals surface area contributed by atoms with Gasteiger partial charge in [-0.25, -0.2) is 17.5 Å². The van der Waals surface area contributed by atoms with E-state index in [4.69, 9.17) is 0 Å². The van der Waals surface area contributed by atoms with Gasteiger partial charge in [-0.2, -0.15) is 0 Å². The third-order valence-corrected chi connectivity index (χ3v) is 5.76. The first-order chi connectivity index (χ1) is 10.9. The third-order valence-electron chi connectivity index (χ3n) is 4.26. The molecule has 1 fully saturated rings.